The fourth-order valence-corrected chi connectivity index (χ4v) is 5.59. The summed E-state index contributed by atoms with van der Waals surface area (Å²) in [6.45, 7) is 4.46. The van der Waals surface area contributed by atoms with Crippen LogP contribution in [0.4, 0.5) is 11.4 Å². The van der Waals surface area contributed by atoms with Gasteiger partial charge < -0.3 is 10.4 Å². The van der Waals surface area contributed by atoms with E-state index < -0.39 is 22.5 Å². The van der Waals surface area contributed by atoms with Gasteiger partial charge in [0.25, 0.3) is 10.0 Å². The van der Waals surface area contributed by atoms with Gasteiger partial charge in [0.1, 0.15) is 17.2 Å². The van der Waals surface area contributed by atoms with Crippen LogP contribution in [0.1, 0.15) is 28.4 Å². The molecule has 0 aliphatic rings. The molecule has 0 saturated carbocycles. The average Bonchev–Trinajstić information content (AvgIpc) is 2.84. The normalized spacial score (nSPS) is 11.3. The van der Waals surface area contributed by atoms with E-state index in [9.17, 15) is 23.1 Å². The van der Waals surface area contributed by atoms with E-state index in [-0.39, 0.29) is 27.7 Å². The highest BCUT2D eigenvalue weighted by Gasteiger charge is 2.30. The summed E-state index contributed by atoms with van der Waals surface area (Å²) in [6.07, 6.45) is 1.52. The Kier molecular flexibility index (Phi) is 6.76. The molecule has 1 heterocycles. The summed E-state index contributed by atoms with van der Waals surface area (Å²) in [4.78, 5) is 28.9. The van der Waals surface area contributed by atoms with Crippen molar-refractivity contribution in [2.45, 2.75) is 25.7 Å². The zero-order valence-electron chi connectivity index (χ0n) is 20.0. The van der Waals surface area contributed by atoms with E-state index in [1.54, 1.807) is 43.3 Å². The monoisotopic (exact) mass is 503 g/mol. The van der Waals surface area contributed by atoms with Gasteiger partial charge in [-0.15, -0.1) is 0 Å². The minimum atomic E-state index is -4.22. The molecule has 0 aliphatic carbocycles. The molecule has 0 spiro atoms. The number of rotatable bonds is 7. The minimum Gasteiger partial charge on any atom is -0.507 e. The van der Waals surface area contributed by atoms with Crippen molar-refractivity contribution >= 4 is 44.0 Å². The van der Waals surface area contributed by atoms with Crippen molar-refractivity contribution in [3.05, 3.63) is 89.6 Å². The number of anilines is 2. The average molecular weight is 504 g/mol. The minimum absolute atomic E-state index is 0.0160. The van der Waals surface area contributed by atoms with Crippen LogP contribution in [0.15, 0.2) is 77.8 Å². The molecule has 4 rings (SSSR count). The molecule has 0 saturated heterocycles. The lowest BCUT2D eigenvalue weighted by atomic mass is 10.1. The van der Waals surface area contributed by atoms with Crippen LogP contribution in [0, 0.1) is 13.8 Å². The van der Waals surface area contributed by atoms with E-state index in [2.05, 4.69) is 10.3 Å². The number of amides is 1. The van der Waals surface area contributed by atoms with Crippen molar-refractivity contribution in [3.8, 4) is 5.75 Å². The first kappa shape index (κ1) is 24.9. The number of para-hydroxylation sites is 1. The number of phenols is 1. The number of pyridine rings is 1. The van der Waals surface area contributed by atoms with Gasteiger partial charge in [-0.1, -0.05) is 30.3 Å². The predicted molar refractivity (Wildman–Crippen MR) is 139 cm³/mol. The lowest BCUT2D eigenvalue weighted by Gasteiger charge is -2.26. The Bertz CT molecular complexity index is 1590. The van der Waals surface area contributed by atoms with E-state index in [0.717, 1.165) is 9.87 Å². The molecule has 0 atom stereocenters. The Morgan fingerprint density at radius 1 is 1.00 bits per heavy atom. The number of aromatic hydroxyl groups is 1. The molecule has 9 heteroatoms. The molecule has 0 radical (unpaired) electrons. The highest BCUT2D eigenvalue weighted by Crippen LogP contribution is 2.31. The largest absolute Gasteiger partial charge is 0.507 e. The highest BCUT2D eigenvalue weighted by molar-refractivity contribution is 7.93. The Hall–Kier alpha value is -4.24. The number of nitrogens with zero attached hydrogens (tertiary/aromatic N) is 2. The van der Waals surface area contributed by atoms with E-state index in [1.807, 2.05) is 13.0 Å². The second-order valence-corrected chi connectivity index (χ2v) is 10.2. The summed E-state index contributed by atoms with van der Waals surface area (Å²) in [5.41, 5.74) is 2.61. The van der Waals surface area contributed by atoms with E-state index in [1.165, 1.54) is 37.4 Å². The standard InChI is InChI=1S/C27H25N3O5S/c1-17-7-4-10-23(18(17)2)30(16-26(33)29-21-12-13-22(19(3)31)24(32)15-21)36(34,35)25-11-5-8-20-9-6-14-28-27(20)25/h4-15,32H,16H2,1-3H3,(H,29,33). The van der Waals surface area contributed by atoms with Crippen molar-refractivity contribution in [1.82, 2.24) is 4.98 Å². The zero-order chi connectivity index (χ0) is 26.0. The van der Waals surface area contributed by atoms with E-state index in [0.29, 0.717) is 22.2 Å². The lowest BCUT2D eigenvalue weighted by molar-refractivity contribution is -0.114. The molecule has 0 fully saturated rings. The number of aryl methyl sites for hydroxylation is 1. The second kappa shape index (κ2) is 9.79. The molecular weight excluding hydrogens is 478 g/mol. The predicted octanol–water partition coefficient (Wildman–Crippen LogP) is 4.59. The first-order valence-corrected chi connectivity index (χ1v) is 12.6. The van der Waals surface area contributed by atoms with Crippen LogP contribution < -0.4 is 9.62 Å². The van der Waals surface area contributed by atoms with Crippen molar-refractivity contribution in [2.75, 3.05) is 16.2 Å². The summed E-state index contributed by atoms with van der Waals surface area (Å²) >= 11 is 0. The van der Waals surface area contributed by atoms with Gasteiger partial charge in [-0.2, -0.15) is 0 Å². The van der Waals surface area contributed by atoms with Crippen molar-refractivity contribution in [3.63, 3.8) is 0 Å². The van der Waals surface area contributed by atoms with Crippen LogP contribution in [-0.2, 0) is 14.8 Å². The zero-order valence-corrected chi connectivity index (χ0v) is 20.8. The Morgan fingerprint density at radius 3 is 2.44 bits per heavy atom. The molecule has 184 valence electrons. The second-order valence-electron chi connectivity index (χ2n) is 8.40. The Morgan fingerprint density at radius 2 is 1.72 bits per heavy atom. The number of aromatic nitrogens is 1. The van der Waals surface area contributed by atoms with Gasteiger partial charge >= 0.3 is 0 Å². The summed E-state index contributed by atoms with van der Waals surface area (Å²) in [5, 5.41) is 13.4. The van der Waals surface area contributed by atoms with Crippen molar-refractivity contribution in [1.29, 1.82) is 0 Å². The number of fused-ring (bicyclic) bond motifs is 1. The molecule has 0 unspecified atom stereocenters. The number of benzene rings is 3. The molecule has 8 nitrogen and oxygen atoms in total. The van der Waals surface area contributed by atoms with E-state index >= 15 is 0 Å². The maximum absolute atomic E-state index is 14.0. The fraction of sp³-hybridized carbons (Fsp3) is 0.148. The number of sulfonamides is 1. The quantitative estimate of drug-likeness (QED) is 0.356. The van der Waals surface area contributed by atoms with Gasteiger partial charge in [0.05, 0.1) is 16.8 Å². The van der Waals surface area contributed by atoms with Crippen LogP contribution in [0.5, 0.6) is 5.75 Å². The highest BCUT2D eigenvalue weighted by atomic mass is 32.2. The number of Topliss-reactive ketones (excluding diaryl/α,β-unsaturated/α-hetero) is 1. The van der Waals surface area contributed by atoms with Gasteiger partial charge in [0.15, 0.2) is 5.78 Å². The van der Waals surface area contributed by atoms with Crippen LogP contribution in [0.3, 0.4) is 0 Å². The number of phenolic OH excluding ortho intramolecular Hbond substituents is 1. The molecule has 1 amide bonds. The van der Waals surface area contributed by atoms with Gasteiger partial charge in [0, 0.05) is 23.3 Å². The molecule has 0 bridgehead atoms. The first-order valence-electron chi connectivity index (χ1n) is 11.2. The Labute approximate surface area is 209 Å². The topological polar surface area (TPSA) is 117 Å². The van der Waals surface area contributed by atoms with Crippen molar-refractivity contribution < 1.29 is 23.1 Å². The number of ketones is 1. The number of hydrogen-bond acceptors (Lipinski definition) is 6. The van der Waals surface area contributed by atoms with Gasteiger partial charge in [-0.05, 0) is 62.2 Å². The molecule has 36 heavy (non-hydrogen) atoms. The molecule has 2 N–H and O–H groups in total. The SMILES string of the molecule is CC(=O)c1ccc(NC(=O)CN(c2cccc(C)c2C)S(=O)(=O)c2cccc3cccnc23)cc1O. The first-order chi connectivity index (χ1) is 17.1. The Balaban J connectivity index is 1.76. The van der Waals surface area contributed by atoms with Crippen LogP contribution in [-0.4, -0.2) is 36.7 Å². The fourth-order valence-electron chi connectivity index (χ4n) is 3.95. The third-order valence-corrected chi connectivity index (χ3v) is 7.75. The third kappa shape index (κ3) is 4.78. The van der Waals surface area contributed by atoms with E-state index in [4.69, 9.17) is 0 Å². The van der Waals surface area contributed by atoms with Crippen LogP contribution in [0.2, 0.25) is 0 Å². The summed E-state index contributed by atoms with van der Waals surface area (Å²) in [5.74, 6) is -1.22. The molecule has 1 aromatic heterocycles. The molecule has 3 aromatic carbocycles. The number of nitrogens with one attached hydrogen (secondary N) is 1. The summed E-state index contributed by atoms with van der Waals surface area (Å²) in [7, 11) is -4.22. The van der Waals surface area contributed by atoms with Crippen LogP contribution in [0.25, 0.3) is 10.9 Å². The maximum Gasteiger partial charge on any atom is 0.266 e. The molecule has 0 aliphatic heterocycles. The summed E-state index contributed by atoms with van der Waals surface area (Å²) in [6, 6.07) is 17.7. The summed E-state index contributed by atoms with van der Waals surface area (Å²) < 4.78 is 29.1. The number of carbonyl (C=O) groups excluding carboxylic acids is 2. The third-order valence-electron chi connectivity index (χ3n) is 5.96. The van der Waals surface area contributed by atoms with Crippen molar-refractivity contribution in [2.24, 2.45) is 0 Å². The number of hydrogen-bond donors (Lipinski definition) is 2. The lowest BCUT2D eigenvalue weighted by Crippen LogP contribution is -2.38. The van der Waals surface area contributed by atoms with Gasteiger partial charge in [0.2, 0.25) is 5.91 Å². The maximum atomic E-state index is 14.0. The number of carbonyl (C=O) groups is 2. The molecule has 4 aromatic rings. The van der Waals surface area contributed by atoms with Gasteiger partial charge in [-0.25, -0.2) is 8.42 Å². The van der Waals surface area contributed by atoms with Gasteiger partial charge in [-0.3, -0.25) is 18.9 Å². The van der Waals surface area contributed by atoms with Crippen LogP contribution >= 0.6 is 0 Å². The molecular formula is C27H25N3O5S. The smallest absolute Gasteiger partial charge is 0.266 e.